The van der Waals surface area contributed by atoms with Crippen LogP contribution in [0, 0.1) is 5.82 Å². The van der Waals surface area contributed by atoms with Crippen molar-refractivity contribution in [3.63, 3.8) is 0 Å². The molecule has 0 saturated heterocycles. The monoisotopic (exact) mass is 363 g/mol. The van der Waals surface area contributed by atoms with E-state index in [1.165, 1.54) is 17.7 Å². The van der Waals surface area contributed by atoms with E-state index in [0.717, 1.165) is 16.5 Å². The van der Waals surface area contributed by atoms with Gasteiger partial charge in [0.05, 0.1) is 0 Å². The highest BCUT2D eigenvalue weighted by atomic mass is 79.9. The first kappa shape index (κ1) is 16.7. The van der Waals surface area contributed by atoms with Crippen LogP contribution in [0.15, 0.2) is 53.0 Å². The molecule has 1 atom stereocenters. The van der Waals surface area contributed by atoms with Crippen molar-refractivity contribution >= 4 is 21.8 Å². The molecule has 0 aliphatic carbocycles. The molecule has 1 N–H and O–H groups in total. The first-order valence-electron chi connectivity index (χ1n) is 7.31. The zero-order valence-electron chi connectivity index (χ0n) is 12.5. The van der Waals surface area contributed by atoms with Gasteiger partial charge in [-0.2, -0.15) is 0 Å². The van der Waals surface area contributed by atoms with Crippen molar-refractivity contribution in [3.8, 4) is 0 Å². The second-order valence-electron chi connectivity index (χ2n) is 5.43. The van der Waals surface area contributed by atoms with Gasteiger partial charge in [-0.25, -0.2) is 4.39 Å². The summed E-state index contributed by atoms with van der Waals surface area (Å²) >= 11 is 3.41. The molecule has 2 aromatic carbocycles. The number of carbonyl (C=O) groups excluding carboxylic acids is 1. The van der Waals surface area contributed by atoms with Crippen molar-refractivity contribution in [1.29, 1.82) is 0 Å². The molecule has 0 saturated carbocycles. The minimum Gasteiger partial charge on any atom is -0.353 e. The summed E-state index contributed by atoms with van der Waals surface area (Å²) in [7, 11) is 0. The van der Waals surface area contributed by atoms with E-state index in [0.29, 0.717) is 12.8 Å². The maximum absolute atomic E-state index is 12.8. The molecular formula is C18H19BrFNO. The standard InChI is InChI=1S/C18H19BrFNO/c1-13(12-15-2-7-16(19)8-3-15)21-18(22)11-6-14-4-9-17(20)10-5-14/h2-5,7-10,13H,6,11-12H2,1H3,(H,21,22). The van der Waals surface area contributed by atoms with Crippen molar-refractivity contribution in [3.05, 3.63) is 69.9 Å². The summed E-state index contributed by atoms with van der Waals surface area (Å²) in [6.45, 7) is 2.00. The Hall–Kier alpha value is -1.68. The average Bonchev–Trinajstić information content (AvgIpc) is 2.49. The highest BCUT2D eigenvalue weighted by Crippen LogP contribution is 2.12. The smallest absolute Gasteiger partial charge is 0.220 e. The molecule has 116 valence electrons. The number of hydrogen-bond acceptors (Lipinski definition) is 1. The van der Waals surface area contributed by atoms with Gasteiger partial charge in [0.2, 0.25) is 5.91 Å². The van der Waals surface area contributed by atoms with Gasteiger partial charge in [0.15, 0.2) is 0 Å². The van der Waals surface area contributed by atoms with Crippen LogP contribution in [0.5, 0.6) is 0 Å². The van der Waals surface area contributed by atoms with Gasteiger partial charge in [-0.05, 0) is 55.2 Å². The summed E-state index contributed by atoms with van der Waals surface area (Å²) in [6.07, 6.45) is 1.84. The summed E-state index contributed by atoms with van der Waals surface area (Å²) in [5, 5.41) is 3.00. The summed E-state index contributed by atoms with van der Waals surface area (Å²) in [6, 6.07) is 14.4. The maximum Gasteiger partial charge on any atom is 0.220 e. The predicted octanol–water partition coefficient (Wildman–Crippen LogP) is 4.27. The largest absolute Gasteiger partial charge is 0.353 e. The van der Waals surface area contributed by atoms with Crippen LogP contribution >= 0.6 is 15.9 Å². The number of hydrogen-bond donors (Lipinski definition) is 1. The summed E-state index contributed by atoms with van der Waals surface area (Å²) in [4.78, 5) is 11.9. The van der Waals surface area contributed by atoms with Gasteiger partial charge < -0.3 is 5.32 Å². The second-order valence-corrected chi connectivity index (χ2v) is 6.34. The first-order valence-corrected chi connectivity index (χ1v) is 8.10. The van der Waals surface area contributed by atoms with E-state index in [9.17, 15) is 9.18 Å². The molecule has 0 aromatic heterocycles. The lowest BCUT2D eigenvalue weighted by Crippen LogP contribution is -2.34. The van der Waals surface area contributed by atoms with Crippen LogP contribution in [0.3, 0.4) is 0 Å². The van der Waals surface area contributed by atoms with Crippen LogP contribution in [0.1, 0.15) is 24.5 Å². The van der Waals surface area contributed by atoms with Gasteiger partial charge in [0, 0.05) is 16.9 Å². The molecule has 1 unspecified atom stereocenters. The van der Waals surface area contributed by atoms with E-state index >= 15 is 0 Å². The van der Waals surface area contributed by atoms with E-state index in [2.05, 4.69) is 21.2 Å². The Morgan fingerprint density at radius 3 is 2.32 bits per heavy atom. The molecule has 1 amide bonds. The third-order valence-electron chi connectivity index (χ3n) is 3.42. The van der Waals surface area contributed by atoms with Gasteiger partial charge in [-0.1, -0.05) is 40.2 Å². The average molecular weight is 364 g/mol. The molecule has 0 spiro atoms. The number of aryl methyl sites for hydroxylation is 1. The minimum absolute atomic E-state index is 0.0222. The molecule has 0 aliphatic rings. The fraction of sp³-hybridized carbons (Fsp3) is 0.278. The molecule has 0 fully saturated rings. The van der Waals surface area contributed by atoms with Crippen molar-refractivity contribution in [1.82, 2.24) is 5.32 Å². The Labute approximate surface area is 138 Å². The molecule has 2 aromatic rings. The van der Waals surface area contributed by atoms with Crippen molar-refractivity contribution in [2.24, 2.45) is 0 Å². The number of nitrogens with one attached hydrogen (secondary N) is 1. The van der Waals surface area contributed by atoms with E-state index < -0.39 is 0 Å². The van der Waals surface area contributed by atoms with Gasteiger partial charge in [0.25, 0.3) is 0 Å². The first-order chi connectivity index (χ1) is 10.5. The molecule has 0 aliphatic heterocycles. The van der Waals surface area contributed by atoms with Gasteiger partial charge in [-0.15, -0.1) is 0 Å². The lowest BCUT2D eigenvalue weighted by atomic mass is 10.1. The Bertz CT molecular complexity index is 610. The lowest BCUT2D eigenvalue weighted by Gasteiger charge is -2.14. The zero-order valence-corrected chi connectivity index (χ0v) is 14.1. The Balaban J connectivity index is 1.76. The van der Waals surface area contributed by atoms with Crippen molar-refractivity contribution in [2.75, 3.05) is 0 Å². The van der Waals surface area contributed by atoms with Crippen LogP contribution in [0.4, 0.5) is 4.39 Å². The quantitative estimate of drug-likeness (QED) is 0.815. The van der Waals surface area contributed by atoms with Crippen LogP contribution < -0.4 is 5.32 Å². The highest BCUT2D eigenvalue weighted by molar-refractivity contribution is 9.10. The molecule has 2 rings (SSSR count). The predicted molar refractivity (Wildman–Crippen MR) is 90.2 cm³/mol. The Morgan fingerprint density at radius 1 is 1.09 bits per heavy atom. The molecular weight excluding hydrogens is 345 g/mol. The second kappa shape index (κ2) is 8.08. The third kappa shape index (κ3) is 5.60. The highest BCUT2D eigenvalue weighted by Gasteiger charge is 2.08. The molecule has 0 bridgehead atoms. The van der Waals surface area contributed by atoms with Crippen LogP contribution in [-0.2, 0) is 17.6 Å². The molecule has 22 heavy (non-hydrogen) atoms. The molecule has 4 heteroatoms. The SMILES string of the molecule is CC(Cc1ccc(Br)cc1)NC(=O)CCc1ccc(F)cc1. The van der Waals surface area contributed by atoms with E-state index in [4.69, 9.17) is 0 Å². The van der Waals surface area contributed by atoms with Gasteiger partial charge in [-0.3, -0.25) is 4.79 Å². The van der Waals surface area contributed by atoms with Crippen LogP contribution in [0.2, 0.25) is 0 Å². The fourth-order valence-corrected chi connectivity index (χ4v) is 2.55. The number of rotatable bonds is 6. The maximum atomic E-state index is 12.8. The normalized spacial score (nSPS) is 12.0. The molecule has 2 nitrogen and oxygen atoms in total. The fourth-order valence-electron chi connectivity index (χ4n) is 2.28. The number of amides is 1. The zero-order chi connectivity index (χ0) is 15.9. The minimum atomic E-state index is -0.253. The molecule has 0 heterocycles. The number of halogens is 2. The van der Waals surface area contributed by atoms with Crippen LogP contribution in [0.25, 0.3) is 0 Å². The third-order valence-corrected chi connectivity index (χ3v) is 3.95. The Kier molecular flexibility index (Phi) is 6.13. The lowest BCUT2D eigenvalue weighted by molar-refractivity contribution is -0.121. The number of carbonyl (C=O) groups is 1. The van der Waals surface area contributed by atoms with Crippen molar-refractivity contribution < 1.29 is 9.18 Å². The number of benzene rings is 2. The molecule has 0 radical (unpaired) electrons. The summed E-state index contributed by atoms with van der Waals surface area (Å²) in [5.41, 5.74) is 2.16. The summed E-state index contributed by atoms with van der Waals surface area (Å²) in [5.74, 6) is -0.231. The van der Waals surface area contributed by atoms with Crippen molar-refractivity contribution in [2.45, 2.75) is 32.2 Å². The Morgan fingerprint density at radius 2 is 1.68 bits per heavy atom. The van der Waals surface area contributed by atoms with E-state index in [1.54, 1.807) is 12.1 Å². The van der Waals surface area contributed by atoms with Crippen LogP contribution in [-0.4, -0.2) is 11.9 Å². The topological polar surface area (TPSA) is 29.1 Å². The summed E-state index contributed by atoms with van der Waals surface area (Å²) < 4.78 is 13.9. The van der Waals surface area contributed by atoms with E-state index in [-0.39, 0.29) is 17.8 Å². The van der Waals surface area contributed by atoms with Gasteiger partial charge in [0.1, 0.15) is 5.82 Å². The van der Waals surface area contributed by atoms with Gasteiger partial charge >= 0.3 is 0 Å². The van der Waals surface area contributed by atoms with E-state index in [1.807, 2.05) is 31.2 Å².